The Bertz CT molecular complexity index is 413. The number of carbonyl (C=O) groups is 1. The smallest absolute Gasteiger partial charge is 0.247 e. The molecular weight excluding hydrogens is 226 g/mol. The van der Waals surface area contributed by atoms with Crippen LogP contribution in [0.25, 0.3) is 0 Å². The van der Waals surface area contributed by atoms with E-state index in [1.807, 2.05) is 64.1 Å². The average Bonchev–Trinajstić information content (AvgIpc) is 2.55. The van der Waals surface area contributed by atoms with Crippen molar-refractivity contribution in [2.75, 3.05) is 0 Å². The number of amides is 1. The Kier molecular flexibility index (Phi) is 4.54. The van der Waals surface area contributed by atoms with Crippen LogP contribution in [-0.4, -0.2) is 32.7 Å². The zero-order chi connectivity index (χ0) is 14.0. The van der Waals surface area contributed by atoms with Crippen LogP contribution < -0.4 is 0 Å². The predicted molar refractivity (Wildman–Crippen MR) is 73.5 cm³/mol. The second-order valence-corrected chi connectivity index (χ2v) is 5.48. The summed E-state index contributed by atoms with van der Waals surface area (Å²) in [6.45, 7) is 14.0. The Hall–Kier alpha value is -1.32. The first-order chi connectivity index (χ1) is 8.25. The van der Waals surface area contributed by atoms with E-state index in [-0.39, 0.29) is 24.0 Å². The molecule has 0 aliphatic heterocycles. The third kappa shape index (κ3) is 2.92. The summed E-state index contributed by atoms with van der Waals surface area (Å²) in [7, 11) is 0. The van der Waals surface area contributed by atoms with E-state index in [0.29, 0.717) is 0 Å². The molecule has 0 bridgehead atoms. The molecule has 4 nitrogen and oxygen atoms in total. The lowest BCUT2D eigenvalue weighted by atomic mass is 10.2. The zero-order valence-corrected chi connectivity index (χ0v) is 12.6. The Morgan fingerprint density at radius 3 is 2.00 bits per heavy atom. The summed E-state index contributed by atoms with van der Waals surface area (Å²) < 4.78 is 1.81. The molecule has 1 amide bonds. The molecule has 0 radical (unpaired) electrons. The fourth-order valence-electron chi connectivity index (χ4n) is 2.46. The van der Waals surface area contributed by atoms with Gasteiger partial charge in [-0.2, -0.15) is 5.10 Å². The minimum absolute atomic E-state index is 0.131. The average molecular weight is 251 g/mol. The number of nitrogens with zero attached hydrogens (tertiary/aromatic N) is 3. The van der Waals surface area contributed by atoms with Gasteiger partial charge in [-0.3, -0.25) is 9.48 Å². The fraction of sp³-hybridized carbons (Fsp3) is 0.714. The molecule has 0 fully saturated rings. The van der Waals surface area contributed by atoms with Crippen LogP contribution in [0.2, 0.25) is 0 Å². The van der Waals surface area contributed by atoms with Crippen LogP contribution >= 0.6 is 0 Å². The summed E-state index contributed by atoms with van der Waals surface area (Å²) in [5, 5.41) is 4.40. The quantitative estimate of drug-likeness (QED) is 0.825. The van der Waals surface area contributed by atoms with E-state index in [9.17, 15) is 4.79 Å². The standard InChI is InChI=1S/C14H25N3O/c1-9(2)16(10(3)4)14(18)13(7)17-12(6)8-11(5)15-17/h8-10,13H,1-7H3. The maximum atomic E-state index is 12.6. The van der Waals surface area contributed by atoms with Gasteiger partial charge in [-0.05, 0) is 54.5 Å². The third-order valence-corrected chi connectivity index (χ3v) is 3.14. The lowest BCUT2D eigenvalue weighted by Gasteiger charge is -2.33. The van der Waals surface area contributed by atoms with Gasteiger partial charge >= 0.3 is 0 Å². The summed E-state index contributed by atoms with van der Waals surface area (Å²) in [6.07, 6.45) is 0. The molecule has 0 aliphatic rings. The molecule has 0 saturated carbocycles. The summed E-state index contributed by atoms with van der Waals surface area (Å²) in [5.74, 6) is 0.131. The van der Waals surface area contributed by atoms with Crippen molar-refractivity contribution >= 4 is 5.91 Å². The molecule has 1 aromatic rings. The van der Waals surface area contributed by atoms with E-state index in [4.69, 9.17) is 0 Å². The van der Waals surface area contributed by atoms with Crippen molar-refractivity contribution in [2.45, 2.75) is 66.6 Å². The summed E-state index contributed by atoms with van der Waals surface area (Å²) >= 11 is 0. The van der Waals surface area contributed by atoms with Crippen LogP contribution in [0.1, 0.15) is 52.0 Å². The van der Waals surface area contributed by atoms with Gasteiger partial charge in [0.05, 0.1) is 5.69 Å². The molecular formula is C14H25N3O. The Morgan fingerprint density at radius 2 is 1.67 bits per heavy atom. The van der Waals surface area contributed by atoms with Gasteiger partial charge in [0.2, 0.25) is 5.91 Å². The van der Waals surface area contributed by atoms with Gasteiger partial charge in [-0.15, -0.1) is 0 Å². The highest BCUT2D eigenvalue weighted by Crippen LogP contribution is 2.17. The van der Waals surface area contributed by atoms with Gasteiger partial charge in [0.15, 0.2) is 0 Å². The second-order valence-electron chi connectivity index (χ2n) is 5.48. The number of carbonyl (C=O) groups excluding carboxylic acids is 1. The maximum Gasteiger partial charge on any atom is 0.247 e. The highest BCUT2D eigenvalue weighted by molar-refractivity contribution is 5.80. The van der Waals surface area contributed by atoms with Gasteiger partial charge in [0.25, 0.3) is 0 Å². The monoisotopic (exact) mass is 251 g/mol. The van der Waals surface area contributed by atoms with E-state index in [1.54, 1.807) is 0 Å². The van der Waals surface area contributed by atoms with E-state index in [2.05, 4.69) is 5.10 Å². The molecule has 1 rings (SSSR count). The van der Waals surface area contributed by atoms with E-state index < -0.39 is 0 Å². The van der Waals surface area contributed by atoms with Crippen molar-refractivity contribution in [1.29, 1.82) is 0 Å². The molecule has 102 valence electrons. The largest absolute Gasteiger partial charge is 0.336 e. The van der Waals surface area contributed by atoms with Crippen molar-refractivity contribution in [1.82, 2.24) is 14.7 Å². The zero-order valence-electron chi connectivity index (χ0n) is 12.6. The molecule has 0 N–H and O–H groups in total. The van der Waals surface area contributed by atoms with Crippen molar-refractivity contribution in [2.24, 2.45) is 0 Å². The molecule has 0 aliphatic carbocycles. The summed E-state index contributed by atoms with van der Waals surface area (Å²) in [4.78, 5) is 14.5. The Morgan fingerprint density at radius 1 is 1.17 bits per heavy atom. The fourth-order valence-corrected chi connectivity index (χ4v) is 2.46. The maximum absolute atomic E-state index is 12.6. The number of aromatic nitrogens is 2. The van der Waals surface area contributed by atoms with Crippen LogP contribution in [0.5, 0.6) is 0 Å². The first kappa shape index (κ1) is 14.7. The molecule has 0 aromatic carbocycles. The van der Waals surface area contributed by atoms with E-state index in [0.717, 1.165) is 11.4 Å². The van der Waals surface area contributed by atoms with Crippen LogP contribution in [0.15, 0.2) is 6.07 Å². The van der Waals surface area contributed by atoms with Crippen LogP contribution in [-0.2, 0) is 4.79 Å². The van der Waals surface area contributed by atoms with Gasteiger partial charge < -0.3 is 4.90 Å². The lowest BCUT2D eigenvalue weighted by molar-refractivity contribution is -0.138. The van der Waals surface area contributed by atoms with Gasteiger partial charge in [-0.25, -0.2) is 0 Å². The Labute approximate surface area is 110 Å². The molecule has 0 spiro atoms. The van der Waals surface area contributed by atoms with Crippen molar-refractivity contribution in [3.05, 3.63) is 17.5 Å². The molecule has 1 aromatic heterocycles. The third-order valence-electron chi connectivity index (χ3n) is 3.14. The van der Waals surface area contributed by atoms with E-state index in [1.165, 1.54) is 0 Å². The normalized spacial score (nSPS) is 13.2. The number of rotatable bonds is 4. The number of hydrogen-bond acceptors (Lipinski definition) is 2. The van der Waals surface area contributed by atoms with Crippen molar-refractivity contribution < 1.29 is 4.79 Å². The minimum atomic E-state index is -0.247. The summed E-state index contributed by atoms with van der Waals surface area (Å²) in [5.41, 5.74) is 1.98. The molecule has 1 atom stereocenters. The summed E-state index contributed by atoms with van der Waals surface area (Å²) in [6, 6.07) is 2.16. The second kappa shape index (κ2) is 5.55. The first-order valence-electron chi connectivity index (χ1n) is 6.60. The SMILES string of the molecule is Cc1cc(C)n(C(C)C(=O)N(C(C)C)C(C)C)n1. The van der Waals surface area contributed by atoms with E-state index >= 15 is 0 Å². The Balaban J connectivity index is 2.99. The first-order valence-corrected chi connectivity index (χ1v) is 6.60. The van der Waals surface area contributed by atoms with Gasteiger partial charge in [-0.1, -0.05) is 0 Å². The predicted octanol–water partition coefficient (Wildman–Crippen LogP) is 2.71. The van der Waals surface area contributed by atoms with Crippen molar-refractivity contribution in [3.8, 4) is 0 Å². The number of hydrogen-bond donors (Lipinski definition) is 0. The van der Waals surface area contributed by atoms with Gasteiger partial charge in [0.1, 0.15) is 6.04 Å². The molecule has 0 saturated heterocycles. The highest BCUT2D eigenvalue weighted by Gasteiger charge is 2.27. The van der Waals surface area contributed by atoms with Crippen LogP contribution in [0, 0.1) is 13.8 Å². The minimum Gasteiger partial charge on any atom is -0.336 e. The molecule has 4 heteroatoms. The highest BCUT2D eigenvalue weighted by atomic mass is 16.2. The number of aryl methyl sites for hydroxylation is 2. The molecule has 1 unspecified atom stereocenters. The van der Waals surface area contributed by atoms with Gasteiger partial charge in [0, 0.05) is 17.8 Å². The van der Waals surface area contributed by atoms with Crippen LogP contribution in [0.3, 0.4) is 0 Å². The van der Waals surface area contributed by atoms with Crippen molar-refractivity contribution in [3.63, 3.8) is 0 Å². The topological polar surface area (TPSA) is 38.1 Å². The molecule has 18 heavy (non-hydrogen) atoms. The molecule has 1 heterocycles. The lowest BCUT2D eigenvalue weighted by Crippen LogP contribution is -2.45. The van der Waals surface area contributed by atoms with Crippen LogP contribution in [0.4, 0.5) is 0 Å².